The van der Waals surface area contributed by atoms with Crippen molar-refractivity contribution >= 4 is 11.7 Å². The number of hydrogen-bond acceptors (Lipinski definition) is 5. The van der Waals surface area contributed by atoms with Gasteiger partial charge in [-0.15, -0.1) is 0 Å². The van der Waals surface area contributed by atoms with Crippen LogP contribution in [0.3, 0.4) is 0 Å². The number of morpholine rings is 1. The predicted molar refractivity (Wildman–Crippen MR) is 96.2 cm³/mol. The fraction of sp³-hybridized carbons (Fsp3) is 0.350. The van der Waals surface area contributed by atoms with Crippen LogP contribution in [0.2, 0.25) is 0 Å². The number of amides is 1. The van der Waals surface area contributed by atoms with Crippen molar-refractivity contribution in [3.63, 3.8) is 0 Å². The minimum atomic E-state index is -0.289. The van der Waals surface area contributed by atoms with Crippen molar-refractivity contribution in [2.75, 3.05) is 13.2 Å². The van der Waals surface area contributed by atoms with Gasteiger partial charge in [0.1, 0.15) is 12.4 Å². The lowest BCUT2D eigenvalue weighted by molar-refractivity contribution is -0.0342. The van der Waals surface area contributed by atoms with Crippen LogP contribution in [0.15, 0.2) is 48.8 Å². The van der Waals surface area contributed by atoms with Crippen molar-refractivity contribution in [1.82, 2.24) is 14.9 Å². The lowest BCUT2D eigenvalue weighted by atomic mass is 9.91. The molecule has 0 aliphatic carbocycles. The summed E-state index contributed by atoms with van der Waals surface area (Å²) >= 11 is 0. The molecule has 2 bridgehead atoms. The molecule has 1 amide bonds. The first-order valence-corrected chi connectivity index (χ1v) is 8.77. The molecule has 0 radical (unpaired) electrons. The first-order valence-electron chi connectivity index (χ1n) is 8.77. The minimum absolute atomic E-state index is 0.0293. The van der Waals surface area contributed by atoms with Crippen LogP contribution < -0.4 is 0 Å². The topological polar surface area (TPSA) is 64.5 Å². The van der Waals surface area contributed by atoms with E-state index in [0.717, 1.165) is 22.5 Å². The van der Waals surface area contributed by atoms with Crippen LogP contribution in [0.25, 0.3) is 5.57 Å². The van der Waals surface area contributed by atoms with Gasteiger partial charge >= 0.3 is 6.09 Å². The molecule has 2 aliphatic rings. The number of carbonyl (C=O) groups excluding carboxylic acids is 1. The molecule has 1 aromatic carbocycles. The number of benzene rings is 1. The molecule has 2 aliphatic heterocycles. The van der Waals surface area contributed by atoms with Crippen molar-refractivity contribution in [3.8, 4) is 0 Å². The van der Waals surface area contributed by atoms with Gasteiger partial charge in [0.05, 0.1) is 25.3 Å². The molecule has 2 aromatic rings. The molecule has 1 fully saturated rings. The van der Waals surface area contributed by atoms with Crippen molar-refractivity contribution in [1.29, 1.82) is 0 Å². The van der Waals surface area contributed by atoms with E-state index >= 15 is 0 Å². The fourth-order valence-corrected chi connectivity index (χ4v) is 3.45. The first kappa shape index (κ1) is 16.7. The number of fused-ring (bicyclic) bond motifs is 2. The van der Waals surface area contributed by atoms with Crippen LogP contribution in [0.4, 0.5) is 4.79 Å². The zero-order valence-electron chi connectivity index (χ0n) is 14.7. The van der Waals surface area contributed by atoms with Gasteiger partial charge in [0, 0.05) is 18.0 Å². The number of rotatable bonds is 3. The maximum absolute atomic E-state index is 12.7. The van der Waals surface area contributed by atoms with Crippen molar-refractivity contribution in [3.05, 3.63) is 65.8 Å². The third kappa shape index (κ3) is 3.46. The van der Waals surface area contributed by atoms with Gasteiger partial charge in [-0.25, -0.2) is 14.8 Å². The molecule has 0 spiro atoms. The summed E-state index contributed by atoms with van der Waals surface area (Å²) < 4.78 is 11.2. The highest BCUT2D eigenvalue weighted by Gasteiger charge is 2.39. The van der Waals surface area contributed by atoms with E-state index in [1.165, 1.54) is 0 Å². The fourth-order valence-electron chi connectivity index (χ4n) is 3.45. The van der Waals surface area contributed by atoms with Crippen LogP contribution in [-0.2, 0) is 16.1 Å². The van der Waals surface area contributed by atoms with Crippen LogP contribution in [0.1, 0.15) is 23.4 Å². The maximum atomic E-state index is 12.7. The van der Waals surface area contributed by atoms with E-state index in [1.807, 2.05) is 54.5 Å². The smallest absolute Gasteiger partial charge is 0.411 e. The monoisotopic (exact) mass is 351 g/mol. The number of aromatic nitrogens is 2. The highest BCUT2D eigenvalue weighted by atomic mass is 16.6. The third-order valence-electron chi connectivity index (χ3n) is 4.77. The number of ether oxygens (including phenoxy) is 2. The number of hydrogen-bond donors (Lipinski definition) is 0. The SMILES string of the molecule is Cc1ncc(C2=CC3COCC(C2)N3C(=O)OCc2ccccc2)cn1. The minimum Gasteiger partial charge on any atom is -0.445 e. The standard InChI is InChI=1S/C20H21N3O3/c1-14-21-9-17(10-22-14)16-7-18-12-25-13-19(8-16)23(18)20(24)26-11-15-5-3-2-4-6-15/h2-7,9-10,18-19H,8,11-13H2,1H3. The van der Waals surface area contributed by atoms with Gasteiger partial charge in [-0.1, -0.05) is 36.4 Å². The summed E-state index contributed by atoms with van der Waals surface area (Å²) in [5, 5.41) is 0. The normalized spacial score (nSPS) is 21.9. The van der Waals surface area contributed by atoms with E-state index in [4.69, 9.17) is 9.47 Å². The molecule has 2 atom stereocenters. The van der Waals surface area contributed by atoms with Gasteiger partial charge < -0.3 is 9.47 Å². The van der Waals surface area contributed by atoms with E-state index in [1.54, 1.807) is 0 Å². The molecule has 3 heterocycles. The van der Waals surface area contributed by atoms with E-state index in [-0.39, 0.29) is 24.8 Å². The summed E-state index contributed by atoms with van der Waals surface area (Å²) in [6.07, 6.45) is 6.18. The second-order valence-corrected chi connectivity index (χ2v) is 6.62. The van der Waals surface area contributed by atoms with Gasteiger partial charge in [-0.2, -0.15) is 0 Å². The molecule has 0 N–H and O–H groups in total. The van der Waals surface area contributed by atoms with Crippen molar-refractivity contribution in [2.45, 2.75) is 32.0 Å². The van der Waals surface area contributed by atoms with Gasteiger partial charge in [0.15, 0.2) is 0 Å². The maximum Gasteiger partial charge on any atom is 0.411 e. The lowest BCUT2D eigenvalue weighted by Crippen LogP contribution is -2.56. The average molecular weight is 351 g/mol. The second-order valence-electron chi connectivity index (χ2n) is 6.62. The number of nitrogens with zero attached hydrogens (tertiary/aromatic N) is 3. The van der Waals surface area contributed by atoms with Crippen molar-refractivity contribution in [2.24, 2.45) is 0 Å². The Bertz CT molecular complexity index is 805. The zero-order valence-corrected chi connectivity index (χ0v) is 14.7. The van der Waals surface area contributed by atoms with Gasteiger partial charge in [0.25, 0.3) is 0 Å². The highest BCUT2D eigenvalue weighted by Crippen LogP contribution is 2.32. The Morgan fingerprint density at radius 1 is 1.23 bits per heavy atom. The Morgan fingerprint density at radius 3 is 2.73 bits per heavy atom. The van der Waals surface area contributed by atoms with Crippen LogP contribution in [0.5, 0.6) is 0 Å². The predicted octanol–water partition coefficient (Wildman–Crippen LogP) is 2.98. The Kier molecular flexibility index (Phi) is 4.67. The quantitative estimate of drug-likeness (QED) is 0.851. The molecule has 4 rings (SSSR count). The summed E-state index contributed by atoms with van der Waals surface area (Å²) in [5.74, 6) is 0.750. The first-order chi connectivity index (χ1) is 12.7. The van der Waals surface area contributed by atoms with E-state index < -0.39 is 0 Å². The molecule has 26 heavy (non-hydrogen) atoms. The van der Waals surface area contributed by atoms with E-state index in [0.29, 0.717) is 19.6 Å². The molecule has 6 nitrogen and oxygen atoms in total. The molecule has 1 saturated heterocycles. The number of carbonyl (C=O) groups is 1. The summed E-state index contributed by atoms with van der Waals surface area (Å²) in [5.41, 5.74) is 3.15. The summed E-state index contributed by atoms with van der Waals surface area (Å²) in [6, 6.07) is 9.56. The summed E-state index contributed by atoms with van der Waals surface area (Å²) in [6.45, 7) is 3.14. The molecule has 2 unspecified atom stereocenters. The molecule has 1 aromatic heterocycles. The Labute approximate surface area is 152 Å². The molecule has 6 heteroatoms. The highest BCUT2D eigenvalue weighted by molar-refractivity contribution is 5.74. The molecular formula is C20H21N3O3. The average Bonchev–Trinajstić information content (AvgIpc) is 2.66. The lowest BCUT2D eigenvalue weighted by Gasteiger charge is -2.43. The number of aryl methyl sites for hydroxylation is 1. The largest absolute Gasteiger partial charge is 0.445 e. The summed E-state index contributed by atoms with van der Waals surface area (Å²) in [4.78, 5) is 23.0. The van der Waals surface area contributed by atoms with E-state index in [2.05, 4.69) is 16.0 Å². The Hall–Kier alpha value is -2.73. The van der Waals surface area contributed by atoms with Crippen LogP contribution in [0, 0.1) is 6.92 Å². The second kappa shape index (κ2) is 7.25. The summed E-state index contributed by atoms with van der Waals surface area (Å²) in [7, 11) is 0. The van der Waals surface area contributed by atoms with Crippen LogP contribution in [-0.4, -0.2) is 46.3 Å². The van der Waals surface area contributed by atoms with Crippen LogP contribution >= 0.6 is 0 Å². The molecule has 134 valence electrons. The van der Waals surface area contributed by atoms with E-state index in [9.17, 15) is 4.79 Å². The third-order valence-corrected chi connectivity index (χ3v) is 4.77. The zero-order chi connectivity index (χ0) is 17.9. The van der Waals surface area contributed by atoms with Gasteiger partial charge in [-0.3, -0.25) is 4.90 Å². The Balaban J connectivity index is 1.49. The van der Waals surface area contributed by atoms with Crippen molar-refractivity contribution < 1.29 is 14.3 Å². The molecule has 0 saturated carbocycles. The Morgan fingerprint density at radius 2 is 2.00 bits per heavy atom. The van der Waals surface area contributed by atoms with Gasteiger partial charge in [-0.05, 0) is 24.5 Å². The molecular weight excluding hydrogens is 330 g/mol. The van der Waals surface area contributed by atoms with Gasteiger partial charge in [0.2, 0.25) is 0 Å².